The number of aliphatic hydroxyl groups excluding tert-OH is 1. The fraction of sp³-hybridized carbons (Fsp3) is 0.957. The predicted molar refractivity (Wildman–Crippen MR) is 110 cm³/mol. The molecule has 4 aliphatic rings. The van der Waals surface area contributed by atoms with E-state index in [1.165, 1.54) is 44.2 Å². The van der Waals surface area contributed by atoms with Crippen molar-refractivity contribution in [3.63, 3.8) is 0 Å². The lowest BCUT2D eigenvalue weighted by atomic mass is 9.45. The van der Waals surface area contributed by atoms with Gasteiger partial charge in [0.05, 0.1) is 11.8 Å². The van der Waals surface area contributed by atoms with Gasteiger partial charge in [0.15, 0.2) is 0 Å². The Morgan fingerprint density at radius 2 is 1.89 bits per heavy atom. The van der Waals surface area contributed by atoms with Crippen molar-refractivity contribution in [3.05, 3.63) is 0 Å². The normalized spacial score (nSPS) is 48.2. The Morgan fingerprint density at radius 1 is 1.07 bits per heavy atom. The number of oxime groups is 1. The summed E-state index contributed by atoms with van der Waals surface area (Å²) in [5.41, 5.74) is 2.07. The van der Waals surface area contributed by atoms with Crippen LogP contribution >= 0.6 is 0 Å². The molecule has 154 valence electrons. The largest absolute Gasteiger partial charge is 0.394 e. The molecular formula is C23H40N2O2. The van der Waals surface area contributed by atoms with Crippen molar-refractivity contribution < 1.29 is 9.94 Å². The molecule has 1 N–H and O–H groups in total. The lowest BCUT2D eigenvalue weighted by molar-refractivity contribution is -0.114. The monoisotopic (exact) mass is 376 g/mol. The second kappa shape index (κ2) is 7.33. The van der Waals surface area contributed by atoms with Gasteiger partial charge in [-0.05, 0) is 101 Å². The number of likely N-dealkylation sites (N-methyl/N-ethyl adjacent to an activating group) is 1. The molecule has 4 aliphatic carbocycles. The van der Waals surface area contributed by atoms with Gasteiger partial charge in [0.2, 0.25) is 0 Å². The minimum Gasteiger partial charge on any atom is -0.394 e. The first-order chi connectivity index (χ1) is 12.8. The van der Waals surface area contributed by atoms with Gasteiger partial charge in [-0.3, -0.25) is 0 Å². The molecule has 0 aromatic rings. The van der Waals surface area contributed by atoms with Crippen LogP contribution in [0.4, 0.5) is 0 Å². The minimum absolute atomic E-state index is 0.0435. The summed E-state index contributed by atoms with van der Waals surface area (Å²) in [5.74, 6) is 3.25. The quantitative estimate of drug-likeness (QED) is 0.587. The van der Waals surface area contributed by atoms with Crippen LogP contribution in [-0.4, -0.2) is 49.1 Å². The zero-order chi connectivity index (χ0) is 19.2. The third-order valence-electron chi connectivity index (χ3n) is 9.18. The molecule has 0 amide bonds. The summed E-state index contributed by atoms with van der Waals surface area (Å²) in [6.07, 6.45) is 11.0. The van der Waals surface area contributed by atoms with E-state index >= 15 is 0 Å². The number of fused-ring (bicyclic) bond motifs is 5. The van der Waals surface area contributed by atoms with E-state index in [4.69, 9.17) is 4.84 Å². The number of nitrogens with zero attached hydrogens (tertiary/aromatic N) is 2. The lowest BCUT2D eigenvalue weighted by Gasteiger charge is -2.60. The van der Waals surface area contributed by atoms with Gasteiger partial charge in [-0.15, -0.1) is 0 Å². The minimum atomic E-state index is -0.0435. The lowest BCUT2D eigenvalue weighted by Crippen LogP contribution is -2.54. The van der Waals surface area contributed by atoms with Crippen LogP contribution < -0.4 is 0 Å². The van der Waals surface area contributed by atoms with Gasteiger partial charge in [-0.25, -0.2) is 0 Å². The van der Waals surface area contributed by atoms with E-state index in [9.17, 15) is 5.11 Å². The molecule has 0 aliphatic heterocycles. The molecule has 4 fully saturated rings. The highest BCUT2D eigenvalue weighted by atomic mass is 16.6. The number of hydrogen-bond acceptors (Lipinski definition) is 4. The van der Waals surface area contributed by atoms with Gasteiger partial charge in [0.25, 0.3) is 0 Å². The van der Waals surface area contributed by atoms with E-state index in [-0.39, 0.29) is 11.5 Å². The standard InChI is InChI=1S/C23H40N2O2/c1-22-11-9-17(26)15-16(22)5-6-18-19-7-8-21(24-27-14-13-25(3)4)23(19,2)12-10-20(18)22/h16-20,26H,5-15H2,1-4H3. The molecule has 27 heavy (non-hydrogen) atoms. The molecule has 0 bridgehead atoms. The van der Waals surface area contributed by atoms with Crippen LogP contribution in [0.3, 0.4) is 0 Å². The first-order valence-corrected chi connectivity index (χ1v) is 11.4. The Balaban J connectivity index is 1.48. The summed E-state index contributed by atoms with van der Waals surface area (Å²) in [4.78, 5) is 7.86. The van der Waals surface area contributed by atoms with Gasteiger partial charge in [0, 0.05) is 12.0 Å². The van der Waals surface area contributed by atoms with Crippen LogP contribution in [0.1, 0.15) is 71.6 Å². The third kappa shape index (κ3) is 3.35. The van der Waals surface area contributed by atoms with Crippen LogP contribution in [0.2, 0.25) is 0 Å². The highest BCUT2D eigenvalue weighted by Crippen LogP contribution is 2.65. The SMILES string of the molecule is CN(C)CCON=C1CCC2C3CCC4CC(O)CCC4(C)C3CCC12C. The van der Waals surface area contributed by atoms with E-state index in [0.29, 0.717) is 12.0 Å². The van der Waals surface area contributed by atoms with Gasteiger partial charge in [-0.2, -0.15) is 0 Å². The summed E-state index contributed by atoms with van der Waals surface area (Å²) in [7, 11) is 4.15. The molecule has 0 aromatic carbocycles. The van der Waals surface area contributed by atoms with Crippen molar-refractivity contribution in [1.29, 1.82) is 0 Å². The Morgan fingerprint density at radius 3 is 2.67 bits per heavy atom. The fourth-order valence-electron chi connectivity index (χ4n) is 7.52. The molecular weight excluding hydrogens is 336 g/mol. The average molecular weight is 377 g/mol. The molecule has 0 radical (unpaired) electrons. The van der Waals surface area contributed by atoms with Crippen LogP contribution in [-0.2, 0) is 4.84 Å². The molecule has 7 unspecified atom stereocenters. The first kappa shape index (κ1) is 19.7. The topological polar surface area (TPSA) is 45.1 Å². The highest BCUT2D eigenvalue weighted by Gasteiger charge is 2.59. The molecule has 4 saturated carbocycles. The molecule has 0 aromatic heterocycles. The Hall–Kier alpha value is -0.610. The summed E-state index contributed by atoms with van der Waals surface area (Å²) in [6, 6.07) is 0. The van der Waals surface area contributed by atoms with Gasteiger partial charge < -0.3 is 14.8 Å². The third-order valence-corrected chi connectivity index (χ3v) is 9.18. The highest BCUT2D eigenvalue weighted by molar-refractivity contribution is 5.92. The van der Waals surface area contributed by atoms with E-state index in [1.54, 1.807) is 0 Å². The van der Waals surface area contributed by atoms with Crippen molar-refractivity contribution in [2.45, 2.75) is 77.7 Å². The Labute approximate surface area is 165 Å². The maximum Gasteiger partial charge on any atom is 0.129 e. The second-order valence-corrected chi connectivity index (χ2v) is 10.8. The van der Waals surface area contributed by atoms with Crippen LogP contribution in [0.15, 0.2) is 5.16 Å². The Bertz CT molecular complexity index is 577. The maximum absolute atomic E-state index is 10.2. The molecule has 0 heterocycles. The van der Waals surface area contributed by atoms with Crippen molar-refractivity contribution in [3.8, 4) is 0 Å². The zero-order valence-corrected chi connectivity index (χ0v) is 17.9. The summed E-state index contributed by atoms with van der Waals surface area (Å²) in [6.45, 7) is 6.66. The average Bonchev–Trinajstić information content (AvgIpc) is 2.96. The van der Waals surface area contributed by atoms with Gasteiger partial charge >= 0.3 is 0 Å². The van der Waals surface area contributed by atoms with E-state index < -0.39 is 0 Å². The Kier molecular flexibility index (Phi) is 5.35. The molecule has 4 heteroatoms. The van der Waals surface area contributed by atoms with Crippen molar-refractivity contribution in [1.82, 2.24) is 4.90 Å². The van der Waals surface area contributed by atoms with Crippen molar-refractivity contribution in [2.24, 2.45) is 39.7 Å². The first-order valence-electron chi connectivity index (χ1n) is 11.4. The predicted octanol–water partition coefficient (Wildman–Crippen LogP) is 4.32. The van der Waals surface area contributed by atoms with Crippen molar-refractivity contribution >= 4 is 5.71 Å². The van der Waals surface area contributed by atoms with Gasteiger partial charge in [0.1, 0.15) is 6.61 Å². The van der Waals surface area contributed by atoms with E-state index in [2.05, 4.69) is 38.0 Å². The fourth-order valence-corrected chi connectivity index (χ4v) is 7.52. The molecule has 0 spiro atoms. The molecule has 7 atom stereocenters. The van der Waals surface area contributed by atoms with E-state index in [0.717, 1.165) is 49.5 Å². The maximum atomic E-state index is 10.2. The smallest absolute Gasteiger partial charge is 0.129 e. The summed E-state index contributed by atoms with van der Waals surface area (Å²) in [5, 5.41) is 14.8. The number of rotatable bonds is 4. The van der Waals surface area contributed by atoms with E-state index in [1.807, 2.05) is 0 Å². The van der Waals surface area contributed by atoms with Crippen LogP contribution in [0.5, 0.6) is 0 Å². The number of aliphatic hydroxyl groups is 1. The molecule has 4 rings (SSSR count). The van der Waals surface area contributed by atoms with Crippen LogP contribution in [0, 0.1) is 34.5 Å². The molecule has 4 nitrogen and oxygen atoms in total. The molecule has 0 saturated heterocycles. The second-order valence-electron chi connectivity index (χ2n) is 10.8. The van der Waals surface area contributed by atoms with Gasteiger partial charge in [-0.1, -0.05) is 19.0 Å². The number of hydrogen-bond donors (Lipinski definition) is 1. The summed E-state index contributed by atoms with van der Waals surface area (Å²) >= 11 is 0. The van der Waals surface area contributed by atoms with Crippen LogP contribution in [0.25, 0.3) is 0 Å². The summed E-state index contributed by atoms with van der Waals surface area (Å²) < 4.78 is 0. The zero-order valence-electron chi connectivity index (χ0n) is 17.9. The van der Waals surface area contributed by atoms with Crippen molar-refractivity contribution in [2.75, 3.05) is 27.2 Å².